The van der Waals surface area contributed by atoms with E-state index in [1.165, 1.54) is 33.2 Å². The van der Waals surface area contributed by atoms with E-state index >= 15 is 0 Å². The lowest BCUT2D eigenvalue weighted by Gasteiger charge is -2.11. The molecule has 5 aromatic rings. The Morgan fingerprint density at radius 3 is 2.58 bits per heavy atom. The van der Waals surface area contributed by atoms with Gasteiger partial charge in [-0.15, -0.1) is 0 Å². The van der Waals surface area contributed by atoms with Crippen LogP contribution >= 0.6 is 0 Å². The van der Waals surface area contributed by atoms with Crippen molar-refractivity contribution >= 4 is 22.1 Å². The van der Waals surface area contributed by atoms with Crippen LogP contribution in [0.25, 0.3) is 33.5 Å². The van der Waals surface area contributed by atoms with Gasteiger partial charge in [0.25, 0.3) is 0 Å². The number of rotatable bonds is 7. The number of hydrogen-bond donors (Lipinski definition) is 0. The molecule has 0 unspecified atom stereocenters. The molecule has 0 radical (unpaired) electrons. The van der Waals surface area contributed by atoms with Gasteiger partial charge in [0.1, 0.15) is 11.3 Å². The molecule has 0 aliphatic heterocycles. The number of hydrogen-bond acceptors (Lipinski definition) is 1. The van der Waals surface area contributed by atoms with Crippen LogP contribution in [0.3, 0.4) is 0 Å². The van der Waals surface area contributed by atoms with Crippen LogP contribution < -0.4 is 0 Å². The molecule has 3 heterocycles. The average Bonchev–Trinajstić information content (AvgIpc) is 3.36. The van der Waals surface area contributed by atoms with Crippen molar-refractivity contribution in [2.45, 2.75) is 46.6 Å². The normalized spacial score (nSPS) is 11.5. The maximum absolute atomic E-state index is 5.12. The largest absolute Gasteiger partial charge is 0.335 e. The van der Waals surface area contributed by atoms with Gasteiger partial charge in [-0.25, -0.2) is 4.98 Å². The van der Waals surface area contributed by atoms with Gasteiger partial charge in [0, 0.05) is 29.3 Å². The summed E-state index contributed by atoms with van der Waals surface area (Å²) in [4.78, 5) is 5.12. The van der Waals surface area contributed by atoms with Gasteiger partial charge in [0.15, 0.2) is 0 Å². The smallest absolute Gasteiger partial charge is 0.138 e. The lowest BCUT2D eigenvalue weighted by atomic mass is 10.0. The Balaban J connectivity index is 1.65. The maximum atomic E-state index is 5.12. The van der Waals surface area contributed by atoms with E-state index in [-0.39, 0.29) is 0 Å². The quantitative estimate of drug-likeness (QED) is 0.258. The number of benzene rings is 2. The van der Waals surface area contributed by atoms with Gasteiger partial charge < -0.3 is 8.97 Å². The standard InChI is InChI=1S/C30H31N3/c1-5-10-21(3)25-15-16-32-22(4)30(31-29(32)19-25)28-18-26-13-7-8-14-27(26)33(28)20-24-12-9-11-23(6-2)17-24/h7-9,11-19H,3,5-6,10,20H2,1-2,4H3. The van der Waals surface area contributed by atoms with E-state index in [0.717, 1.165) is 48.5 Å². The minimum atomic E-state index is 0.822. The molecule has 3 aromatic heterocycles. The number of nitrogens with zero attached hydrogens (tertiary/aromatic N) is 3. The van der Waals surface area contributed by atoms with Gasteiger partial charge in [-0.1, -0.05) is 69.3 Å². The summed E-state index contributed by atoms with van der Waals surface area (Å²) >= 11 is 0. The maximum Gasteiger partial charge on any atom is 0.138 e. The van der Waals surface area contributed by atoms with Gasteiger partial charge in [-0.2, -0.15) is 0 Å². The zero-order valence-corrected chi connectivity index (χ0v) is 19.8. The van der Waals surface area contributed by atoms with Crippen molar-refractivity contribution in [3.63, 3.8) is 0 Å². The second kappa shape index (κ2) is 8.74. The summed E-state index contributed by atoms with van der Waals surface area (Å²) in [7, 11) is 0. The number of allylic oxidation sites excluding steroid dienone is 1. The van der Waals surface area contributed by atoms with Gasteiger partial charge in [0.2, 0.25) is 0 Å². The van der Waals surface area contributed by atoms with Crippen molar-refractivity contribution in [3.05, 3.63) is 102 Å². The Morgan fingerprint density at radius 2 is 1.76 bits per heavy atom. The third kappa shape index (κ3) is 3.89. The molecular weight excluding hydrogens is 402 g/mol. The Labute approximate surface area is 196 Å². The third-order valence-corrected chi connectivity index (χ3v) is 6.62. The number of aryl methyl sites for hydroxylation is 2. The van der Waals surface area contributed by atoms with Gasteiger partial charge in [-0.3, -0.25) is 0 Å². The first-order valence-corrected chi connectivity index (χ1v) is 11.9. The minimum absolute atomic E-state index is 0.822. The number of fused-ring (bicyclic) bond motifs is 2. The molecule has 2 aromatic carbocycles. The highest BCUT2D eigenvalue weighted by atomic mass is 15.1. The molecule has 3 heteroatoms. The summed E-state index contributed by atoms with van der Waals surface area (Å²) in [6.45, 7) is 11.7. The first-order valence-electron chi connectivity index (χ1n) is 11.9. The molecule has 0 atom stereocenters. The summed E-state index contributed by atoms with van der Waals surface area (Å²) in [5, 5.41) is 1.24. The van der Waals surface area contributed by atoms with Crippen molar-refractivity contribution in [2.24, 2.45) is 0 Å². The fraction of sp³-hybridized carbons (Fsp3) is 0.233. The molecule has 0 aliphatic rings. The second-order valence-electron chi connectivity index (χ2n) is 8.89. The molecule has 33 heavy (non-hydrogen) atoms. The fourth-order valence-electron chi connectivity index (χ4n) is 4.78. The van der Waals surface area contributed by atoms with E-state index in [1.54, 1.807) is 0 Å². The Hall–Kier alpha value is -3.59. The highest BCUT2D eigenvalue weighted by molar-refractivity contribution is 5.87. The monoisotopic (exact) mass is 433 g/mol. The summed E-state index contributed by atoms with van der Waals surface area (Å²) in [6, 6.07) is 24.2. The molecule has 0 saturated heterocycles. The van der Waals surface area contributed by atoms with Crippen LogP contribution in [0, 0.1) is 6.92 Å². The Morgan fingerprint density at radius 1 is 0.939 bits per heavy atom. The van der Waals surface area contributed by atoms with Gasteiger partial charge in [0.05, 0.1) is 5.69 Å². The summed E-state index contributed by atoms with van der Waals surface area (Å²) < 4.78 is 4.60. The first-order chi connectivity index (χ1) is 16.1. The lowest BCUT2D eigenvalue weighted by Crippen LogP contribution is -2.03. The van der Waals surface area contributed by atoms with Gasteiger partial charge >= 0.3 is 0 Å². The molecule has 0 saturated carbocycles. The van der Waals surface area contributed by atoms with Crippen LogP contribution in [0.5, 0.6) is 0 Å². The van der Waals surface area contributed by atoms with Crippen molar-refractivity contribution in [1.29, 1.82) is 0 Å². The Kier molecular flexibility index (Phi) is 5.63. The molecule has 0 fully saturated rings. The fourth-order valence-corrected chi connectivity index (χ4v) is 4.78. The highest BCUT2D eigenvalue weighted by Gasteiger charge is 2.18. The molecule has 0 aliphatic carbocycles. The van der Waals surface area contributed by atoms with Crippen LogP contribution in [0.2, 0.25) is 0 Å². The van der Waals surface area contributed by atoms with Gasteiger partial charge in [-0.05, 0) is 66.3 Å². The Bertz CT molecular complexity index is 1470. The third-order valence-electron chi connectivity index (χ3n) is 6.62. The molecule has 3 nitrogen and oxygen atoms in total. The molecule has 0 N–H and O–H groups in total. The number of imidazole rings is 1. The molecule has 0 amide bonds. The van der Waals surface area contributed by atoms with Crippen LogP contribution in [0.15, 0.2) is 79.5 Å². The predicted molar refractivity (Wildman–Crippen MR) is 140 cm³/mol. The SMILES string of the molecule is C=C(CCC)c1ccn2c(C)c(-c3cc4ccccc4n3Cc3cccc(CC)c3)nc2c1. The predicted octanol–water partition coefficient (Wildman–Crippen LogP) is 7.69. The second-order valence-corrected chi connectivity index (χ2v) is 8.89. The molecule has 5 rings (SSSR count). The number of aromatic nitrogens is 3. The molecule has 166 valence electrons. The topological polar surface area (TPSA) is 22.2 Å². The van der Waals surface area contributed by atoms with Crippen LogP contribution in [0.4, 0.5) is 0 Å². The zero-order chi connectivity index (χ0) is 22.9. The number of pyridine rings is 1. The van der Waals surface area contributed by atoms with E-state index in [0.29, 0.717) is 0 Å². The van der Waals surface area contributed by atoms with E-state index in [1.807, 2.05) is 0 Å². The number of para-hydroxylation sites is 1. The minimum Gasteiger partial charge on any atom is -0.335 e. The summed E-state index contributed by atoms with van der Waals surface area (Å²) in [6.07, 6.45) is 5.29. The first kappa shape index (κ1) is 21.3. The van der Waals surface area contributed by atoms with E-state index < -0.39 is 0 Å². The zero-order valence-electron chi connectivity index (χ0n) is 19.8. The van der Waals surface area contributed by atoms with E-state index in [2.05, 4.69) is 109 Å². The van der Waals surface area contributed by atoms with Crippen molar-refractivity contribution in [2.75, 3.05) is 0 Å². The van der Waals surface area contributed by atoms with Crippen LogP contribution in [-0.2, 0) is 13.0 Å². The molecular formula is C30H31N3. The average molecular weight is 434 g/mol. The van der Waals surface area contributed by atoms with E-state index in [4.69, 9.17) is 4.98 Å². The van der Waals surface area contributed by atoms with E-state index in [9.17, 15) is 0 Å². The highest BCUT2D eigenvalue weighted by Crippen LogP contribution is 2.32. The van der Waals surface area contributed by atoms with Crippen molar-refractivity contribution in [3.8, 4) is 11.4 Å². The van der Waals surface area contributed by atoms with Crippen LogP contribution in [-0.4, -0.2) is 14.0 Å². The summed E-state index contributed by atoms with van der Waals surface area (Å²) in [5.74, 6) is 0. The van der Waals surface area contributed by atoms with Crippen molar-refractivity contribution < 1.29 is 0 Å². The molecule has 0 bridgehead atoms. The van der Waals surface area contributed by atoms with Crippen LogP contribution in [0.1, 0.15) is 49.1 Å². The van der Waals surface area contributed by atoms with Crippen molar-refractivity contribution in [1.82, 2.24) is 14.0 Å². The summed E-state index contributed by atoms with van der Waals surface area (Å²) in [5.41, 5.74) is 10.6. The molecule has 0 spiro atoms. The lowest BCUT2D eigenvalue weighted by molar-refractivity contribution is 0.839.